The molecule has 348 valence electrons. The molecule has 0 saturated heterocycles. The lowest BCUT2D eigenvalue weighted by Crippen LogP contribution is -2.45. The van der Waals surface area contributed by atoms with Crippen LogP contribution in [0.15, 0.2) is 146 Å². The minimum atomic E-state index is -0.876. The predicted octanol–water partition coefficient (Wildman–Crippen LogP) is 16.5. The van der Waals surface area contributed by atoms with Gasteiger partial charge in [0.05, 0.1) is 18.8 Å². The van der Waals surface area contributed by atoms with E-state index in [2.05, 4.69) is 146 Å². The standard InChI is InChI=1S/C58H93NO3/c1-3-5-7-9-11-13-14-15-16-17-18-19-20-21-22-23-24-25-26-27-28-29-30-31-32-33-34-35-36-37-38-39-40-41-42-43-44-46-48-50-52-54-58(62)59-56(55-60)57(61)53-51-49-47-45-12-10-8-6-4-2/h4-7,11-13,15-16,18-19,21-22,24-25,27-28,30-31,33-34,45,51,53,56-57,60-61H,3,8-10,14,17,20,23,26,29,32,35-44,46-50,52,54-55H2,1-2H3,(H,59,62)/b6-4+,7-5-,13-11-,16-15-,19-18-,22-21-,25-24-,28-27-,31-30-,34-33-,45-12+,53-51+. The second kappa shape index (κ2) is 51.6. The smallest absolute Gasteiger partial charge is 0.220 e. The van der Waals surface area contributed by atoms with Gasteiger partial charge in [0, 0.05) is 6.42 Å². The third kappa shape index (κ3) is 47.3. The summed E-state index contributed by atoms with van der Waals surface area (Å²) in [7, 11) is 0. The average Bonchev–Trinajstić information content (AvgIpc) is 3.28. The van der Waals surface area contributed by atoms with Gasteiger partial charge in [-0.2, -0.15) is 0 Å². The number of aliphatic hydroxyl groups excluding tert-OH is 2. The van der Waals surface area contributed by atoms with Crippen LogP contribution in [0.2, 0.25) is 0 Å². The predicted molar refractivity (Wildman–Crippen MR) is 275 cm³/mol. The van der Waals surface area contributed by atoms with Gasteiger partial charge in [0.25, 0.3) is 0 Å². The highest BCUT2D eigenvalue weighted by Crippen LogP contribution is 2.14. The molecule has 0 aromatic heterocycles. The van der Waals surface area contributed by atoms with Gasteiger partial charge >= 0.3 is 0 Å². The van der Waals surface area contributed by atoms with Crippen molar-refractivity contribution in [3.05, 3.63) is 146 Å². The molecular weight excluding hydrogens is 759 g/mol. The Hall–Kier alpha value is -3.73. The Bertz CT molecular complexity index is 1330. The van der Waals surface area contributed by atoms with E-state index < -0.39 is 12.1 Å². The zero-order chi connectivity index (χ0) is 44.9. The topological polar surface area (TPSA) is 69.6 Å². The number of carbonyl (C=O) groups excluding carboxylic acids is 1. The summed E-state index contributed by atoms with van der Waals surface area (Å²) in [5, 5.41) is 22.8. The van der Waals surface area contributed by atoms with Crippen LogP contribution in [-0.4, -0.2) is 34.9 Å². The lowest BCUT2D eigenvalue weighted by molar-refractivity contribution is -0.123. The zero-order valence-electron chi connectivity index (χ0n) is 39.8. The van der Waals surface area contributed by atoms with E-state index in [4.69, 9.17) is 0 Å². The summed E-state index contributed by atoms with van der Waals surface area (Å²) in [6, 6.07) is -0.652. The Morgan fingerprint density at radius 3 is 1.13 bits per heavy atom. The first-order valence-electron chi connectivity index (χ1n) is 25.0. The van der Waals surface area contributed by atoms with Crippen molar-refractivity contribution in [2.75, 3.05) is 6.61 Å². The summed E-state index contributed by atoms with van der Waals surface area (Å²) in [5.74, 6) is -0.0896. The van der Waals surface area contributed by atoms with Crippen LogP contribution in [0.3, 0.4) is 0 Å². The van der Waals surface area contributed by atoms with E-state index in [1.165, 1.54) is 77.0 Å². The molecule has 0 saturated carbocycles. The van der Waals surface area contributed by atoms with Crippen LogP contribution in [0, 0.1) is 0 Å². The summed E-state index contributed by atoms with van der Waals surface area (Å²) in [4.78, 5) is 12.4. The third-order valence-corrected chi connectivity index (χ3v) is 10.4. The SMILES string of the molecule is C/C=C/CC/C=C/CC/C=C/C(O)C(CO)NC(=O)CCCCCCCCCCCCCCC/C=C\C/C=C\C/C=C\C/C=C\C/C=C\C/C=C\C/C=C\C/C=C\C/C=C\CC. The highest BCUT2D eigenvalue weighted by atomic mass is 16.3. The number of allylic oxidation sites excluding steroid dienone is 23. The molecule has 62 heavy (non-hydrogen) atoms. The van der Waals surface area contributed by atoms with Crippen LogP contribution in [0.4, 0.5) is 0 Å². The van der Waals surface area contributed by atoms with Crippen molar-refractivity contribution in [3.8, 4) is 0 Å². The Kier molecular flexibility index (Phi) is 48.5. The van der Waals surface area contributed by atoms with Gasteiger partial charge in [0.2, 0.25) is 5.91 Å². The van der Waals surface area contributed by atoms with Crippen LogP contribution in [0.5, 0.6) is 0 Å². The van der Waals surface area contributed by atoms with Crippen molar-refractivity contribution in [1.29, 1.82) is 0 Å². The van der Waals surface area contributed by atoms with Crippen LogP contribution < -0.4 is 5.32 Å². The van der Waals surface area contributed by atoms with E-state index in [1.807, 2.05) is 13.0 Å². The number of nitrogens with one attached hydrogen (secondary N) is 1. The summed E-state index contributed by atoms with van der Waals surface area (Å²) in [6.45, 7) is 3.93. The fourth-order valence-electron chi connectivity index (χ4n) is 6.62. The van der Waals surface area contributed by atoms with Crippen molar-refractivity contribution in [2.45, 2.75) is 206 Å². The molecule has 2 atom stereocenters. The van der Waals surface area contributed by atoms with Crippen molar-refractivity contribution in [3.63, 3.8) is 0 Å². The van der Waals surface area contributed by atoms with Crippen molar-refractivity contribution >= 4 is 5.91 Å². The molecule has 0 rings (SSSR count). The average molecular weight is 852 g/mol. The van der Waals surface area contributed by atoms with Gasteiger partial charge in [0.1, 0.15) is 0 Å². The second-order valence-corrected chi connectivity index (χ2v) is 16.1. The molecule has 4 heteroatoms. The van der Waals surface area contributed by atoms with Gasteiger partial charge in [0.15, 0.2) is 0 Å². The lowest BCUT2D eigenvalue weighted by atomic mass is 10.0. The van der Waals surface area contributed by atoms with Crippen LogP contribution in [-0.2, 0) is 4.79 Å². The van der Waals surface area contributed by atoms with Crippen molar-refractivity contribution in [1.82, 2.24) is 5.32 Å². The number of carbonyl (C=O) groups is 1. The van der Waals surface area contributed by atoms with Crippen LogP contribution in [0.1, 0.15) is 194 Å². The Labute approximate surface area is 383 Å². The molecule has 0 aromatic rings. The molecule has 0 heterocycles. The van der Waals surface area contributed by atoms with Gasteiger partial charge in [-0.15, -0.1) is 0 Å². The molecule has 4 nitrogen and oxygen atoms in total. The van der Waals surface area contributed by atoms with Crippen molar-refractivity contribution in [2.24, 2.45) is 0 Å². The van der Waals surface area contributed by atoms with E-state index in [0.717, 1.165) is 96.3 Å². The van der Waals surface area contributed by atoms with Gasteiger partial charge in [-0.25, -0.2) is 0 Å². The monoisotopic (exact) mass is 852 g/mol. The lowest BCUT2D eigenvalue weighted by Gasteiger charge is -2.19. The molecule has 0 aliphatic heterocycles. The quantitative estimate of drug-likeness (QED) is 0.0423. The molecule has 0 aromatic carbocycles. The maximum absolute atomic E-state index is 12.4. The minimum absolute atomic E-state index is 0.0896. The summed E-state index contributed by atoms with van der Waals surface area (Å²) < 4.78 is 0. The normalized spacial score (nSPS) is 14.2. The number of rotatable bonds is 43. The highest BCUT2D eigenvalue weighted by Gasteiger charge is 2.17. The molecule has 1 amide bonds. The molecule has 0 aliphatic carbocycles. The summed E-state index contributed by atoms with van der Waals surface area (Å²) in [6.07, 6.45) is 83.0. The minimum Gasteiger partial charge on any atom is -0.394 e. The number of hydrogen-bond donors (Lipinski definition) is 3. The fourth-order valence-corrected chi connectivity index (χ4v) is 6.62. The molecule has 3 N–H and O–H groups in total. The van der Waals surface area contributed by atoms with E-state index in [9.17, 15) is 15.0 Å². The molecule has 2 unspecified atom stereocenters. The van der Waals surface area contributed by atoms with E-state index in [-0.39, 0.29) is 12.5 Å². The summed E-state index contributed by atoms with van der Waals surface area (Å²) in [5.41, 5.74) is 0. The summed E-state index contributed by atoms with van der Waals surface area (Å²) >= 11 is 0. The number of amides is 1. The molecule has 0 aliphatic rings. The number of hydrogen-bond acceptors (Lipinski definition) is 3. The Morgan fingerprint density at radius 1 is 0.419 bits per heavy atom. The molecule has 0 bridgehead atoms. The van der Waals surface area contributed by atoms with E-state index >= 15 is 0 Å². The Balaban J connectivity index is 3.57. The maximum Gasteiger partial charge on any atom is 0.220 e. The first-order chi connectivity index (χ1) is 30.7. The maximum atomic E-state index is 12.4. The van der Waals surface area contributed by atoms with E-state index in [0.29, 0.717) is 6.42 Å². The first kappa shape index (κ1) is 58.3. The van der Waals surface area contributed by atoms with Gasteiger partial charge in [-0.05, 0) is 110 Å². The Morgan fingerprint density at radius 2 is 0.742 bits per heavy atom. The third-order valence-electron chi connectivity index (χ3n) is 10.4. The van der Waals surface area contributed by atoms with Crippen LogP contribution in [0.25, 0.3) is 0 Å². The largest absolute Gasteiger partial charge is 0.394 e. The number of unbranched alkanes of at least 4 members (excludes halogenated alkanes) is 15. The van der Waals surface area contributed by atoms with Gasteiger partial charge < -0.3 is 15.5 Å². The van der Waals surface area contributed by atoms with E-state index in [1.54, 1.807) is 6.08 Å². The van der Waals surface area contributed by atoms with Gasteiger partial charge in [-0.3, -0.25) is 4.79 Å². The van der Waals surface area contributed by atoms with Crippen LogP contribution >= 0.6 is 0 Å². The highest BCUT2D eigenvalue weighted by molar-refractivity contribution is 5.76. The molecule has 0 radical (unpaired) electrons. The molecule has 0 fully saturated rings. The van der Waals surface area contributed by atoms with Gasteiger partial charge in [-0.1, -0.05) is 223 Å². The van der Waals surface area contributed by atoms with Crippen molar-refractivity contribution < 1.29 is 15.0 Å². The number of aliphatic hydroxyl groups is 2. The fraction of sp³-hybridized carbons (Fsp3) is 0.569. The zero-order valence-corrected chi connectivity index (χ0v) is 39.8. The molecular formula is C58H93NO3. The molecule has 0 spiro atoms. The second-order valence-electron chi connectivity index (χ2n) is 16.1. The first-order valence-corrected chi connectivity index (χ1v) is 25.0.